The summed E-state index contributed by atoms with van der Waals surface area (Å²) in [6, 6.07) is 6.48. The van der Waals surface area contributed by atoms with Crippen LogP contribution in [0, 0.1) is 0 Å². The van der Waals surface area contributed by atoms with Crippen molar-refractivity contribution in [2.24, 2.45) is 0 Å². The van der Waals surface area contributed by atoms with Crippen molar-refractivity contribution in [2.75, 3.05) is 5.32 Å². The van der Waals surface area contributed by atoms with Crippen molar-refractivity contribution < 1.29 is 0 Å². The first-order chi connectivity index (χ1) is 5.86. The summed E-state index contributed by atoms with van der Waals surface area (Å²) in [7, 11) is 0. The average molecular weight is 164 g/mol. The molecule has 0 aliphatic heterocycles. The second kappa shape index (κ2) is 4.75. The fourth-order valence-electron chi connectivity index (χ4n) is 1.15. The third-order valence-electron chi connectivity index (χ3n) is 2.00. The molecule has 0 bridgehead atoms. The first-order valence-corrected chi connectivity index (χ1v) is 4.54. The van der Waals surface area contributed by atoms with E-state index in [-0.39, 0.29) is 0 Å². The molecule has 0 atom stereocenters. The highest BCUT2D eigenvalue weighted by Crippen LogP contribution is 2.06. The minimum absolute atomic E-state index is 0.555. The second-order valence-electron chi connectivity index (χ2n) is 2.87. The summed E-state index contributed by atoms with van der Waals surface area (Å²) in [5.74, 6) is 0.978. The van der Waals surface area contributed by atoms with Crippen LogP contribution in [0.5, 0.6) is 0 Å². The molecule has 0 aliphatic rings. The number of hydrogen-bond acceptors (Lipinski definition) is 2. The Morgan fingerprint density at radius 3 is 2.58 bits per heavy atom. The topological polar surface area (TPSA) is 24.9 Å². The Morgan fingerprint density at radius 1 is 1.33 bits per heavy atom. The second-order valence-corrected chi connectivity index (χ2v) is 2.87. The highest BCUT2D eigenvalue weighted by atomic mass is 15.0. The molecular weight excluding hydrogens is 148 g/mol. The molecule has 1 aromatic heterocycles. The van der Waals surface area contributed by atoms with Crippen molar-refractivity contribution in [1.29, 1.82) is 0 Å². The van der Waals surface area contributed by atoms with Gasteiger partial charge in [-0.25, -0.2) is 4.98 Å². The highest BCUT2D eigenvalue weighted by Gasteiger charge is 2.01. The van der Waals surface area contributed by atoms with Gasteiger partial charge in [-0.05, 0) is 25.0 Å². The molecule has 1 N–H and O–H groups in total. The Morgan fingerprint density at radius 2 is 2.08 bits per heavy atom. The fourth-order valence-corrected chi connectivity index (χ4v) is 1.15. The predicted molar refractivity (Wildman–Crippen MR) is 52.2 cm³/mol. The van der Waals surface area contributed by atoms with Gasteiger partial charge >= 0.3 is 0 Å². The fraction of sp³-hybridized carbons (Fsp3) is 0.500. The number of aromatic nitrogens is 1. The van der Waals surface area contributed by atoms with Crippen LogP contribution in [0.15, 0.2) is 24.4 Å². The Bertz CT molecular complexity index is 204. The zero-order chi connectivity index (χ0) is 8.81. The van der Waals surface area contributed by atoms with Gasteiger partial charge in [0.1, 0.15) is 5.82 Å². The van der Waals surface area contributed by atoms with Crippen LogP contribution in [-0.4, -0.2) is 11.0 Å². The van der Waals surface area contributed by atoms with E-state index in [1.807, 2.05) is 24.4 Å². The van der Waals surface area contributed by atoms with Gasteiger partial charge in [-0.1, -0.05) is 19.9 Å². The number of hydrogen-bond donors (Lipinski definition) is 1. The minimum atomic E-state index is 0.555. The first kappa shape index (κ1) is 9.04. The quantitative estimate of drug-likeness (QED) is 0.740. The van der Waals surface area contributed by atoms with E-state index in [2.05, 4.69) is 24.1 Å². The van der Waals surface area contributed by atoms with Gasteiger partial charge in [-0.3, -0.25) is 0 Å². The molecule has 12 heavy (non-hydrogen) atoms. The third kappa shape index (κ3) is 2.53. The van der Waals surface area contributed by atoms with E-state index in [9.17, 15) is 0 Å². The number of pyridine rings is 1. The van der Waals surface area contributed by atoms with Crippen LogP contribution in [0.1, 0.15) is 26.7 Å². The number of nitrogens with one attached hydrogen (secondary N) is 1. The van der Waals surface area contributed by atoms with Crippen molar-refractivity contribution in [3.63, 3.8) is 0 Å². The molecule has 2 heteroatoms. The van der Waals surface area contributed by atoms with Gasteiger partial charge in [0, 0.05) is 12.2 Å². The predicted octanol–water partition coefficient (Wildman–Crippen LogP) is 2.68. The first-order valence-electron chi connectivity index (χ1n) is 4.54. The van der Waals surface area contributed by atoms with Gasteiger partial charge in [0.15, 0.2) is 0 Å². The van der Waals surface area contributed by atoms with Crippen molar-refractivity contribution >= 4 is 5.82 Å². The minimum Gasteiger partial charge on any atom is -0.367 e. The molecule has 0 unspecified atom stereocenters. The van der Waals surface area contributed by atoms with Gasteiger partial charge in [0.2, 0.25) is 0 Å². The van der Waals surface area contributed by atoms with Crippen LogP contribution in [0.2, 0.25) is 0 Å². The molecule has 1 aromatic rings. The van der Waals surface area contributed by atoms with Gasteiger partial charge < -0.3 is 5.32 Å². The molecular formula is C10H16N2. The van der Waals surface area contributed by atoms with E-state index in [0.29, 0.717) is 6.04 Å². The maximum absolute atomic E-state index is 4.20. The van der Waals surface area contributed by atoms with Crippen molar-refractivity contribution in [3.05, 3.63) is 24.4 Å². The molecule has 1 heterocycles. The standard InChI is InChI=1S/C10H16N2/c1-3-9(4-2)12-10-7-5-6-8-11-10/h5-9H,3-4H2,1-2H3,(H,11,12). The van der Waals surface area contributed by atoms with Crippen LogP contribution in [0.4, 0.5) is 5.82 Å². The molecule has 0 aliphatic carbocycles. The number of nitrogens with zero attached hydrogens (tertiary/aromatic N) is 1. The van der Waals surface area contributed by atoms with Gasteiger partial charge in [0.05, 0.1) is 0 Å². The summed E-state index contributed by atoms with van der Waals surface area (Å²) in [5, 5.41) is 3.37. The Balaban J connectivity index is 2.51. The maximum Gasteiger partial charge on any atom is 0.126 e. The third-order valence-corrected chi connectivity index (χ3v) is 2.00. The summed E-state index contributed by atoms with van der Waals surface area (Å²) in [6.45, 7) is 4.37. The molecule has 66 valence electrons. The van der Waals surface area contributed by atoms with Crippen molar-refractivity contribution in [2.45, 2.75) is 32.7 Å². The lowest BCUT2D eigenvalue weighted by Gasteiger charge is -2.14. The van der Waals surface area contributed by atoms with Gasteiger partial charge in [0.25, 0.3) is 0 Å². The van der Waals surface area contributed by atoms with Crippen LogP contribution in [-0.2, 0) is 0 Å². The summed E-state index contributed by atoms with van der Waals surface area (Å²) in [5.41, 5.74) is 0. The summed E-state index contributed by atoms with van der Waals surface area (Å²) >= 11 is 0. The molecule has 0 spiro atoms. The van der Waals surface area contributed by atoms with E-state index in [4.69, 9.17) is 0 Å². The Labute approximate surface area is 74.0 Å². The molecule has 0 fully saturated rings. The maximum atomic E-state index is 4.20. The van der Waals surface area contributed by atoms with Crippen LogP contribution >= 0.6 is 0 Å². The summed E-state index contributed by atoms with van der Waals surface area (Å²) in [6.07, 6.45) is 4.10. The monoisotopic (exact) mass is 164 g/mol. The van der Waals surface area contributed by atoms with Gasteiger partial charge in [-0.2, -0.15) is 0 Å². The summed E-state index contributed by atoms with van der Waals surface area (Å²) < 4.78 is 0. The van der Waals surface area contributed by atoms with Crippen molar-refractivity contribution in [1.82, 2.24) is 4.98 Å². The SMILES string of the molecule is CCC(CC)Nc1ccccn1. The van der Waals surface area contributed by atoms with Crippen molar-refractivity contribution in [3.8, 4) is 0 Å². The summed E-state index contributed by atoms with van der Waals surface area (Å²) in [4.78, 5) is 4.20. The molecule has 1 rings (SSSR count). The van der Waals surface area contributed by atoms with E-state index in [0.717, 1.165) is 18.7 Å². The Kier molecular flexibility index (Phi) is 3.58. The smallest absolute Gasteiger partial charge is 0.126 e. The van der Waals surface area contributed by atoms with Crippen LogP contribution in [0.25, 0.3) is 0 Å². The zero-order valence-electron chi connectivity index (χ0n) is 7.75. The van der Waals surface area contributed by atoms with Gasteiger partial charge in [-0.15, -0.1) is 0 Å². The zero-order valence-corrected chi connectivity index (χ0v) is 7.75. The normalized spacial score (nSPS) is 10.2. The van der Waals surface area contributed by atoms with E-state index >= 15 is 0 Å². The van der Waals surface area contributed by atoms with E-state index in [1.54, 1.807) is 0 Å². The Hall–Kier alpha value is -1.05. The molecule has 0 amide bonds. The molecule has 0 aromatic carbocycles. The van der Waals surface area contributed by atoms with Crippen LogP contribution < -0.4 is 5.32 Å². The highest BCUT2D eigenvalue weighted by molar-refractivity contribution is 5.34. The molecule has 0 saturated heterocycles. The largest absolute Gasteiger partial charge is 0.367 e. The lowest BCUT2D eigenvalue weighted by molar-refractivity contribution is 0.668. The van der Waals surface area contributed by atoms with Crippen LogP contribution in [0.3, 0.4) is 0 Å². The number of anilines is 1. The molecule has 0 radical (unpaired) electrons. The average Bonchev–Trinajstić information content (AvgIpc) is 2.16. The lowest BCUT2D eigenvalue weighted by atomic mass is 10.2. The number of rotatable bonds is 4. The lowest BCUT2D eigenvalue weighted by Crippen LogP contribution is -2.17. The molecule has 2 nitrogen and oxygen atoms in total. The van der Waals surface area contributed by atoms with E-state index < -0.39 is 0 Å². The molecule has 0 saturated carbocycles. The van der Waals surface area contributed by atoms with E-state index in [1.165, 1.54) is 0 Å².